The fraction of sp³-hybridized carbons (Fsp3) is 0.500. The van der Waals surface area contributed by atoms with Crippen molar-refractivity contribution in [2.45, 2.75) is 33.1 Å². The molecule has 0 spiro atoms. The Labute approximate surface area is 109 Å². The molecular formula is C14H22N2O2. The van der Waals surface area contributed by atoms with Gasteiger partial charge in [0.25, 0.3) is 0 Å². The lowest BCUT2D eigenvalue weighted by Crippen LogP contribution is -2.39. The van der Waals surface area contributed by atoms with Crippen LogP contribution in [0.15, 0.2) is 12.1 Å². The number of benzene rings is 1. The molecule has 3 N–H and O–H groups in total. The molecule has 0 aliphatic carbocycles. The molecule has 1 rings (SSSR count). The first-order chi connectivity index (χ1) is 8.27. The van der Waals surface area contributed by atoms with Crippen LogP contribution in [0.25, 0.3) is 0 Å². The van der Waals surface area contributed by atoms with E-state index in [1.807, 2.05) is 13.8 Å². The molecular weight excluding hydrogens is 228 g/mol. The van der Waals surface area contributed by atoms with Crippen molar-refractivity contribution >= 4 is 6.03 Å². The maximum atomic E-state index is 10.8. The maximum absolute atomic E-state index is 10.8. The van der Waals surface area contributed by atoms with Crippen LogP contribution in [0.2, 0.25) is 0 Å². The molecule has 0 atom stereocenters. The van der Waals surface area contributed by atoms with Crippen molar-refractivity contribution in [3.05, 3.63) is 28.8 Å². The van der Waals surface area contributed by atoms with E-state index in [0.29, 0.717) is 6.54 Å². The number of methoxy groups -OCH3 is 1. The van der Waals surface area contributed by atoms with Crippen molar-refractivity contribution in [1.82, 2.24) is 5.32 Å². The van der Waals surface area contributed by atoms with E-state index < -0.39 is 6.03 Å². The molecule has 0 fully saturated rings. The van der Waals surface area contributed by atoms with Gasteiger partial charge in [-0.05, 0) is 30.5 Å². The SMILES string of the molecule is COc1c(C)cc(C(C)(C)CNC(N)=O)cc1C. The number of primary amides is 1. The van der Waals surface area contributed by atoms with Gasteiger partial charge < -0.3 is 15.8 Å². The van der Waals surface area contributed by atoms with Gasteiger partial charge in [-0.25, -0.2) is 4.79 Å². The Kier molecular flexibility index (Phi) is 4.22. The first-order valence-corrected chi connectivity index (χ1v) is 5.97. The van der Waals surface area contributed by atoms with Gasteiger partial charge in [-0.15, -0.1) is 0 Å². The van der Waals surface area contributed by atoms with Crippen LogP contribution in [-0.4, -0.2) is 19.7 Å². The Morgan fingerprint density at radius 3 is 2.22 bits per heavy atom. The zero-order valence-corrected chi connectivity index (χ0v) is 11.8. The third-order valence-electron chi connectivity index (χ3n) is 3.15. The highest BCUT2D eigenvalue weighted by Crippen LogP contribution is 2.30. The summed E-state index contributed by atoms with van der Waals surface area (Å²) in [5, 5.41) is 2.66. The van der Waals surface area contributed by atoms with Gasteiger partial charge in [0.15, 0.2) is 0 Å². The number of nitrogens with one attached hydrogen (secondary N) is 1. The number of carbonyl (C=O) groups is 1. The Morgan fingerprint density at radius 2 is 1.83 bits per heavy atom. The summed E-state index contributed by atoms with van der Waals surface area (Å²) in [5.41, 5.74) is 8.30. The summed E-state index contributed by atoms with van der Waals surface area (Å²) in [4.78, 5) is 10.8. The number of ether oxygens (including phenoxy) is 1. The van der Waals surface area contributed by atoms with Crippen LogP contribution in [-0.2, 0) is 5.41 Å². The summed E-state index contributed by atoms with van der Waals surface area (Å²) in [6.07, 6.45) is 0. The molecule has 0 aliphatic heterocycles. The average Bonchev–Trinajstić information content (AvgIpc) is 2.26. The highest BCUT2D eigenvalue weighted by Gasteiger charge is 2.22. The van der Waals surface area contributed by atoms with E-state index in [0.717, 1.165) is 22.4 Å². The van der Waals surface area contributed by atoms with Crippen LogP contribution >= 0.6 is 0 Å². The van der Waals surface area contributed by atoms with Gasteiger partial charge in [0, 0.05) is 12.0 Å². The zero-order valence-electron chi connectivity index (χ0n) is 11.8. The molecule has 0 aliphatic rings. The Hall–Kier alpha value is -1.71. The molecule has 4 heteroatoms. The third-order valence-corrected chi connectivity index (χ3v) is 3.15. The molecule has 0 radical (unpaired) electrons. The highest BCUT2D eigenvalue weighted by molar-refractivity contribution is 5.71. The van der Waals surface area contributed by atoms with Crippen LogP contribution < -0.4 is 15.8 Å². The van der Waals surface area contributed by atoms with Crippen LogP contribution in [0.3, 0.4) is 0 Å². The van der Waals surface area contributed by atoms with E-state index in [1.54, 1.807) is 7.11 Å². The van der Waals surface area contributed by atoms with Gasteiger partial charge in [-0.1, -0.05) is 26.0 Å². The summed E-state index contributed by atoms with van der Waals surface area (Å²) in [6, 6.07) is 3.69. The van der Waals surface area contributed by atoms with Crippen molar-refractivity contribution in [2.75, 3.05) is 13.7 Å². The van der Waals surface area contributed by atoms with E-state index in [2.05, 4.69) is 31.3 Å². The van der Waals surface area contributed by atoms with Gasteiger partial charge in [0.2, 0.25) is 0 Å². The fourth-order valence-corrected chi connectivity index (χ4v) is 2.07. The number of urea groups is 1. The molecule has 18 heavy (non-hydrogen) atoms. The zero-order chi connectivity index (χ0) is 13.9. The first-order valence-electron chi connectivity index (χ1n) is 5.97. The minimum absolute atomic E-state index is 0.170. The average molecular weight is 250 g/mol. The lowest BCUT2D eigenvalue weighted by Gasteiger charge is -2.27. The van der Waals surface area contributed by atoms with Crippen molar-refractivity contribution in [3.8, 4) is 5.75 Å². The molecule has 0 bridgehead atoms. The second-order valence-electron chi connectivity index (χ2n) is 5.24. The number of rotatable bonds is 4. The lowest BCUT2D eigenvalue weighted by atomic mass is 9.83. The summed E-state index contributed by atoms with van der Waals surface area (Å²) < 4.78 is 5.35. The second-order valence-corrected chi connectivity index (χ2v) is 5.24. The van der Waals surface area contributed by atoms with Crippen LogP contribution in [0.5, 0.6) is 5.75 Å². The third kappa shape index (κ3) is 3.15. The van der Waals surface area contributed by atoms with E-state index in [1.165, 1.54) is 0 Å². The van der Waals surface area contributed by atoms with Crippen molar-refractivity contribution < 1.29 is 9.53 Å². The standard InChI is InChI=1S/C14H22N2O2/c1-9-6-11(7-10(2)12(9)18-5)14(3,4)8-16-13(15)17/h6-7H,8H2,1-5H3,(H3,15,16,17). The quantitative estimate of drug-likeness (QED) is 0.861. The van der Waals surface area contributed by atoms with Gasteiger partial charge in [-0.2, -0.15) is 0 Å². The Bertz CT molecular complexity index is 430. The van der Waals surface area contributed by atoms with Gasteiger partial charge in [-0.3, -0.25) is 0 Å². The smallest absolute Gasteiger partial charge is 0.312 e. The van der Waals surface area contributed by atoms with Gasteiger partial charge >= 0.3 is 6.03 Å². The molecule has 0 heterocycles. The maximum Gasteiger partial charge on any atom is 0.312 e. The lowest BCUT2D eigenvalue weighted by molar-refractivity contribution is 0.246. The molecule has 4 nitrogen and oxygen atoms in total. The Balaban J connectivity index is 3.05. The van der Waals surface area contributed by atoms with E-state index in [4.69, 9.17) is 10.5 Å². The van der Waals surface area contributed by atoms with E-state index in [-0.39, 0.29) is 5.41 Å². The van der Waals surface area contributed by atoms with Crippen molar-refractivity contribution in [2.24, 2.45) is 5.73 Å². The molecule has 1 aromatic rings. The highest BCUT2D eigenvalue weighted by atomic mass is 16.5. The minimum atomic E-state index is -0.495. The molecule has 0 saturated carbocycles. The minimum Gasteiger partial charge on any atom is -0.496 e. The van der Waals surface area contributed by atoms with Crippen molar-refractivity contribution in [1.29, 1.82) is 0 Å². The predicted octanol–water partition coefficient (Wildman–Crippen LogP) is 2.26. The summed E-state index contributed by atoms with van der Waals surface area (Å²) in [5.74, 6) is 0.914. The molecule has 0 saturated heterocycles. The summed E-state index contributed by atoms with van der Waals surface area (Å²) in [7, 11) is 1.68. The van der Waals surface area contributed by atoms with Crippen LogP contribution in [0.1, 0.15) is 30.5 Å². The summed E-state index contributed by atoms with van der Waals surface area (Å²) in [6.45, 7) is 8.70. The normalized spacial score (nSPS) is 11.2. The number of nitrogens with two attached hydrogens (primary N) is 1. The van der Waals surface area contributed by atoms with Crippen molar-refractivity contribution in [3.63, 3.8) is 0 Å². The fourth-order valence-electron chi connectivity index (χ4n) is 2.07. The number of amides is 2. The van der Waals surface area contributed by atoms with Crippen LogP contribution in [0.4, 0.5) is 4.79 Å². The molecule has 0 aromatic heterocycles. The number of carbonyl (C=O) groups excluding carboxylic acids is 1. The molecule has 1 aromatic carbocycles. The van der Waals surface area contributed by atoms with E-state index in [9.17, 15) is 4.79 Å². The van der Waals surface area contributed by atoms with Gasteiger partial charge in [0.05, 0.1) is 7.11 Å². The number of aryl methyl sites for hydroxylation is 2. The first kappa shape index (κ1) is 14.4. The van der Waals surface area contributed by atoms with Crippen LogP contribution in [0, 0.1) is 13.8 Å². The second kappa shape index (κ2) is 5.29. The number of hydrogen-bond acceptors (Lipinski definition) is 2. The predicted molar refractivity (Wildman–Crippen MR) is 73.1 cm³/mol. The monoisotopic (exact) mass is 250 g/mol. The van der Waals surface area contributed by atoms with E-state index >= 15 is 0 Å². The molecule has 0 unspecified atom stereocenters. The topological polar surface area (TPSA) is 64.3 Å². The molecule has 100 valence electrons. The largest absolute Gasteiger partial charge is 0.496 e. The summed E-state index contributed by atoms with van der Waals surface area (Å²) >= 11 is 0. The van der Waals surface area contributed by atoms with Gasteiger partial charge in [0.1, 0.15) is 5.75 Å². The molecule has 2 amide bonds. The Morgan fingerprint density at radius 1 is 1.33 bits per heavy atom. The number of hydrogen-bond donors (Lipinski definition) is 2.